The SMILES string of the molecule is COc1ccc(CN2CCN(C(=O)c3cc(F)c(Cl)cc3Cl)CC2)cc1. The molecule has 0 radical (unpaired) electrons. The van der Waals surface area contributed by atoms with Gasteiger partial charge in [0.15, 0.2) is 0 Å². The Morgan fingerprint density at radius 3 is 2.35 bits per heavy atom. The molecule has 0 aliphatic carbocycles. The number of amides is 1. The van der Waals surface area contributed by atoms with Gasteiger partial charge < -0.3 is 9.64 Å². The van der Waals surface area contributed by atoms with Crippen LogP contribution in [0.2, 0.25) is 10.0 Å². The first-order valence-electron chi connectivity index (χ1n) is 8.27. The zero-order valence-corrected chi connectivity index (χ0v) is 15.9. The van der Waals surface area contributed by atoms with E-state index in [0.29, 0.717) is 13.1 Å². The summed E-state index contributed by atoms with van der Waals surface area (Å²) in [7, 11) is 1.64. The molecule has 1 amide bonds. The number of ether oxygens (including phenoxy) is 1. The van der Waals surface area contributed by atoms with Crippen LogP contribution in [-0.4, -0.2) is 49.0 Å². The van der Waals surface area contributed by atoms with E-state index in [1.54, 1.807) is 12.0 Å². The van der Waals surface area contributed by atoms with Crippen molar-refractivity contribution in [3.8, 4) is 5.75 Å². The number of methoxy groups -OCH3 is 1. The predicted octanol–water partition coefficient (Wildman–Crippen LogP) is 4.10. The van der Waals surface area contributed by atoms with E-state index >= 15 is 0 Å². The Hall–Kier alpha value is -1.82. The molecule has 0 bridgehead atoms. The van der Waals surface area contributed by atoms with Crippen LogP contribution in [0.15, 0.2) is 36.4 Å². The molecule has 7 heteroatoms. The fourth-order valence-corrected chi connectivity index (χ4v) is 3.42. The summed E-state index contributed by atoms with van der Waals surface area (Å²) in [5.41, 5.74) is 1.34. The molecule has 3 rings (SSSR count). The van der Waals surface area contributed by atoms with Crippen LogP contribution < -0.4 is 4.74 Å². The van der Waals surface area contributed by atoms with Gasteiger partial charge in [0.25, 0.3) is 5.91 Å². The van der Waals surface area contributed by atoms with Crippen LogP contribution in [0, 0.1) is 5.82 Å². The highest BCUT2D eigenvalue weighted by Gasteiger charge is 2.24. The van der Waals surface area contributed by atoms with Gasteiger partial charge in [0.1, 0.15) is 11.6 Å². The number of halogens is 3. The normalized spacial score (nSPS) is 15.2. The first kappa shape index (κ1) is 19.0. The van der Waals surface area contributed by atoms with Crippen LogP contribution in [0.5, 0.6) is 5.75 Å². The second kappa shape index (κ2) is 8.25. The highest BCUT2D eigenvalue weighted by molar-refractivity contribution is 6.36. The lowest BCUT2D eigenvalue weighted by Gasteiger charge is -2.35. The summed E-state index contributed by atoms with van der Waals surface area (Å²) >= 11 is 11.7. The van der Waals surface area contributed by atoms with Crippen LogP contribution >= 0.6 is 23.2 Å². The quantitative estimate of drug-likeness (QED) is 0.729. The van der Waals surface area contributed by atoms with Gasteiger partial charge in [0.2, 0.25) is 0 Å². The number of hydrogen-bond donors (Lipinski definition) is 0. The molecule has 2 aromatic carbocycles. The standard InChI is InChI=1S/C19H19Cl2FN2O2/c1-26-14-4-2-13(3-5-14)12-23-6-8-24(9-7-23)19(25)15-10-18(22)17(21)11-16(15)20/h2-5,10-11H,6-9,12H2,1H3. The molecule has 0 aromatic heterocycles. The summed E-state index contributed by atoms with van der Waals surface area (Å²) in [5.74, 6) is -0.0801. The minimum Gasteiger partial charge on any atom is -0.497 e. The van der Waals surface area contributed by atoms with Crippen molar-refractivity contribution in [2.75, 3.05) is 33.3 Å². The second-order valence-corrected chi connectivity index (χ2v) is 6.98. The highest BCUT2D eigenvalue weighted by Crippen LogP contribution is 2.26. The average molecular weight is 397 g/mol. The number of benzene rings is 2. The molecule has 26 heavy (non-hydrogen) atoms. The third-order valence-electron chi connectivity index (χ3n) is 4.47. The third-order valence-corrected chi connectivity index (χ3v) is 5.07. The van der Waals surface area contributed by atoms with E-state index in [1.165, 1.54) is 11.6 Å². The molecule has 1 aliphatic rings. The maximum absolute atomic E-state index is 13.7. The van der Waals surface area contributed by atoms with Crippen LogP contribution in [0.25, 0.3) is 0 Å². The van der Waals surface area contributed by atoms with Crippen LogP contribution in [0.1, 0.15) is 15.9 Å². The lowest BCUT2D eigenvalue weighted by molar-refractivity contribution is 0.0628. The Balaban J connectivity index is 1.59. The van der Waals surface area contributed by atoms with Gasteiger partial charge >= 0.3 is 0 Å². The number of hydrogen-bond acceptors (Lipinski definition) is 3. The molecule has 0 atom stereocenters. The number of nitrogens with zero attached hydrogens (tertiary/aromatic N) is 2. The maximum Gasteiger partial charge on any atom is 0.255 e. The zero-order chi connectivity index (χ0) is 18.7. The second-order valence-electron chi connectivity index (χ2n) is 6.16. The van der Waals surface area contributed by atoms with Gasteiger partial charge in [-0.1, -0.05) is 35.3 Å². The first-order valence-corrected chi connectivity index (χ1v) is 9.02. The van der Waals surface area contributed by atoms with E-state index in [0.717, 1.165) is 31.5 Å². The van der Waals surface area contributed by atoms with Crippen molar-refractivity contribution in [1.29, 1.82) is 0 Å². The molecule has 1 aliphatic heterocycles. The van der Waals surface area contributed by atoms with Crippen LogP contribution in [-0.2, 0) is 6.54 Å². The molecule has 0 spiro atoms. The van der Waals surface area contributed by atoms with Crippen molar-refractivity contribution in [2.24, 2.45) is 0 Å². The van der Waals surface area contributed by atoms with Crippen molar-refractivity contribution in [2.45, 2.75) is 6.54 Å². The van der Waals surface area contributed by atoms with E-state index in [-0.39, 0.29) is 21.5 Å². The molecule has 2 aromatic rings. The molecule has 1 saturated heterocycles. The summed E-state index contributed by atoms with van der Waals surface area (Å²) < 4.78 is 18.8. The minimum atomic E-state index is -0.641. The molecular formula is C19H19Cl2FN2O2. The Morgan fingerprint density at radius 2 is 1.73 bits per heavy atom. The lowest BCUT2D eigenvalue weighted by Crippen LogP contribution is -2.48. The first-order chi connectivity index (χ1) is 12.5. The van der Waals surface area contributed by atoms with E-state index in [9.17, 15) is 9.18 Å². The van der Waals surface area contributed by atoms with Crippen LogP contribution in [0.3, 0.4) is 0 Å². The fraction of sp³-hybridized carbons (Fsp3) is 0.316. The Labute approximate surface area is 162 Å². The van der Waals surface area contributed by atoms with Gasteiger partial charge in [-0.2, -0.15) is 0 Å². The molecule has 0 saturated carbocycles. The molecule has 0 unspecified atom stereocenters. The van der Waals surface area contributed by atoms with Crippen molar-refractivity contribution < 1.29 is 13.9 Å². The van der Waals surface area contributed by atoms with E-state index in [1.807, 2.05) is 24.3 Å². The molecule has 4 nitrogen and oxygen atoms in total. The van der Waals surface area contributed by atoms with Crippen molar-refractivity contribution >= 4 is 29.1 Å². The summed E-state index contributed by atoms with van der Waals surface area (Å²) in [4.78, 5) is 16.6. The van der Waals surface area contributed by atoms with Crippen molar-refractivity contribution in [1.82, 2.24) is 9.80 Å². The Kier molecular flexibility index (Phi) is 6.01. The lowest BCUT2D eigenvalue weighted by atomic mass is 10.1. The number of rotatable bonds is 4. The van der Waals surface area contributed by atoms with E-state index in [2.05, 4.69) is 4.90 Å². The van der Waals surface area contributed by atoms with Gasteiger partial charge in [-0.3, -0.25) is 9.69 Å². The largest absolute Gasteiger partial charge is 0.497 e. The summed E-state index contributed by atoms with van der Waals surface area (Å²) in [5, 5.41) is 0.0814. The summed E-state index contributed by atoms with van der Waals surface area (Å²) in [6, 6.07) is 10.3. The minimum absolute atomic E-state index is 0.0872. The molecule has 138 valence electrons. The van der Waals surface area contributed by atoms with Gasteiger partial charge in [0.05, 0.1) is 22.7 Å². The van der Waals surface area contributed by atoms with Crippen LogP contribution in [0.4, 0.5) is 4.39 Å². The van der Waals surface area contributed by atoms with E-state index < -0.39 is 5.82 Å². The van der Waals surface area contributed by atoms with Gasteiger partial charge in [-0.05, 0) is 29.8 Å². The van der Waals surface area contributed by atoms with Crippen molar-refractivity contribution in [3.63, 3.8) is 0 Å². The monoisotopic (exact) mass is 396 g/mol. The van der Waals surface area contributed by atoms with Crippen molar-refractivity contribution in [3.05, 3.63) is 63.4 Å². The topological polar surface area (TPSA) is 32.8 Å². The summed E-state index contributed by atoms with van der Waals surface area (Å²) in [6.45, 7) is 3.42. The molecule has 0 N–H and O–H groups in total. The van der Waals surface area contributed by atoms with Gasteiger partial charge in [0, 0.05) is 32.7 Å². The highest BCUT2D eigenvalue weighted by atomic mass is 35.5. The molecule has 1 heterocycles. The molecular weight excluding hydrogens is 378 g/mol. The smallest absolute Gasteiger partial charge is 0.255 e. The fourth-order valence-electron chi connectivity index (χ4n) is 2.96. The predicted molar refractivity (Wildman–Crippen MR) is 101 cm³/mol. The zero-order valence-electron chi connectivity index (χ0n) is 14.3. The van der Waals surface area contributed by atoms with Gasteiger partial charge in [-0.15, -0.1) is 0 Å². The molecule has 1 fully saturated rings. The van der Waals surface area contributed by atoms with E-state index in [4.69, 9.17) is 27.9 Å². The number of carbonyl (C=O) groups excluding carboxylic acids is 1. The maximum atomic E-state index is 13.7. The third kappa shape index (κ3) is 4.29. The summed E-state index contributed by atoms with van der Waals surface area (Å²) in [6.07, 6.45) is 0. The number of carbonyl (C=O) groups is 1. The Morgan fingerprint density at radius 1 is 1.08 bits per heavy atom. The van der Waals surface area contributed by atoms with Gasteiger partial charge in [-0.25, -0.2) is 4.39 Å². The number of piperazine rings is 1. The average Bonchev–Trinajstić information content (AvgIpc) is 2.65. The Bertz CT molecular complexity index is 791.